The summed E-state index contributed by atoms with van der Waals surface area (Å²) in [6.07, 6.45) is 0.0344. The Morgan fingerprint density at radius 1 is 1.35 bits per heavy atom. The van der Waals surface area contributed by atoms with Gasteiger partial charge in [-0.3, -0.25) is 14.9 Å². The van der Waals surface area contributed by atoms with E-state index in [0.29, 0.717) is 24.5 Å². The van der Waals surface area contributed by atoms with Crippen molar-refractivity contribution in [2.45, 2.75) is 13.0 Å². The molecule has 23 heavy (non-hydrogen) atoms. The fourth-order valence-corrected chi connectivity index (χ4v) is 2.22. The molecule has 1 heterocycles. The van der Waals surface area contributed by atoms with Crippen LogP contribution in [0, 0.1) is 17.0 Å². The van der Waals surface area contributed by atoms with Crippen molar-refractivity contribution in [2.75, 3.05) is 13.2 Å². The molecule has 0 radical (unpaired) electrons. The summed E-state index contributed by atoms with van der Waals surface area (Å²) in [5, 5.41) is 11.0. The number of epoxide rings is 1. The second-order valence-electron chi connectivity index (χ2n) is 5.40. The van der Waals surface area contributed by atoms with Gasteiger partial charge in [0, 0.05) is 17.7 Å². The number of aryl methyl sites for hydroxylation is 1. The lowest BCUT2D eigenvalue weighted by molar-refractivity contribution is -0.384. The van der Waals surface area contributed by atoms with Crippen molar-refractivity contribution in [2.24, 2.45) is 0 Å². The molecular weight excluding hydrogens is 298 g/mol. The summed E-state index contributed by atoms with van der Waals surface area (Å²) >= 11 is 0. The Kier molecular flexibility index (Phi) is 4.08. The van der Waals surface area contributed by atoms with Crippen LogP contribution in [0.5, 0.6) is 5.75 Å². The second kappa shape index (κ2) is 6.18. The van der Waals surface area contributed by atoms with E-state index >= 15 is 0 Å². The van der Waals surface area contributed by atoms with Crippen molar-refractivity contribution in [1.29, 1.82) is 0 Å². The molecule has 2 aromatic rings. The van der Waals surface area contributed by atoms with Crippen LogP contribution in [-0.4, -0.2) is 30.0 Å². The van der Waals surface area contributed by atoms with Crippen molar-refractivity contribution >= 4 is 11.5 Å². The highest BCUT2D eigenvalue weighted by molar-refractivity contribution is 6.11. The molecule has 0 aliphatic carbocycles. The van der Waals surface area contributed by atoms with E-state index in [1.54, 1.807) is 18.2 Å². The van der Waals surface area contributed by atoms with Gasteiger partial charge in [-0.05, 0) is 19.1 Å². The first kappa shape index (κ1) is 15.2. The number of ether oxygens (including phenoxy) is 2. The minimum Gasteiger partial charge on any atom is -0.490 e. The van der Waals surface area contributed by atoms with Crippen LogP contribution in [0.25, 0.3) is 0 Å². The van der Waals surface area contributed by atoms with Crippen molar-refractivity contribution < 1.29 is 19.2 Å². The van der Waals surface area contributed by atoms with Gasteiger partial charge >= 0.3 is 0 Å². The zero-order chi connectivity index (χ0) is 16.4. The lowest BCUT2D eigenvalue weighted by Gasteiger charge is -2.10. The molecule has 1 atom stereocenters. The van der Waals surface area contributed by atoms with Crippen LogP contribution in [-0.2, 0) is 4.74 Å². The molecule has 118 valence electrons. The number of carbonyl (C=O) groups excluding carboxylic acids is 1. The number of non-ortho nitro benzene ring substituents is 1. The first-order valence-corrected chi connectivity index (χ1v) is 7.19. The average Bonchev–Trinajstić information content (AvgIpc) is 3.36. The Bertz CT molecular complexity index is 767. The van der Waals surface area contributed by atoms with Crippen molar-refractivity contribution in [3.05, 3.63) is 69.3 Å². The largest absolute Gasteiger partial charge is 0.490 e. The minimum atomic E-state index is -0.527. The number of carbonyl (C=O) groups is 1. The second-order valence-corrected chi connectivity index (χ2v) is 5.40. The number of nitro benzene ring substituents is 1. The van der Waals surface area contributed by atoms with Gasteiger partial charge < -0.3 is 9.47 Å². The van der Waals surface area contributed by atoms with Gasteiger partial charge in [0.05, 0.1) is 17.1 Å². The SMILES string of the molecule is Cc1cccc(C(=O)c2cc([N+](=O)[O-])ccc2OCC2CO2)c1. The Balaban J connectivity index is 1.97. The van der Waals surface area contributed by atoms with Gasteiger partial charge in [-0.2, -0.15) is 0 Å². The maximum atomic E-state index is 12.7. The molecule has 1 unspecified atom stereocenters. The van der Waals surface area contributed by atoms with E-state index < -0.39 is 4.92 Å². The van der Waals surface area contributed by atoms with Gasteiger partial charge in [-0.15, -0.1) is 0 Å². The third kappa shape index (κ3) is 3.54. The van der Waals surface area contributed by atoms with Gasteiger partial charge in [0.2, 0.25) is 0 Å². The van der Waals surface area contributed by atoms with E-state index in [4.69, 9.17) is 9.47 Å². The molecule has 0 aromatic heterocycles. The topological polar surface area (TPSA) is 82.0 Å². The van der Waals surface area contributed by atoms with Crippen LogP contribution in [0.3, 0.4) is 0 Å². The lowest BCUT2D eigenvalue weighted by atomic mass is 10.0. The first-order chi connectivity index (χ1) is 11.0. The fourth-order valence-electron chi connectivity index (χ4n) is 2.22. The zero-order valence-electron chi connectivity index (χ0n) is 12.5. The molecule has 1 saturated heterocycles. The van der Waals surface area contributed by atoms with Gasteiger partial charge in [0.25, 0.3) is 5.69 Å². The number of benzene rings is 2. The van der Waals surface area contributed by atoms with Gasteiger partial charge in [0.1, 0.15) is 18.5 Å². The van der Waals surface area contributed by atoms with E-state index in [1.165, 1.54) is 18.2 Å². The Labute approximate surface area is 132 Å². The molecule has 6 nitrogen and oxygen atoms in total. The number of rotatable bonds is 6. The summed E-state index contributed by atoms with van der Waals surface area (Å²) < 4.78 is 10.7. The van der Waals surface area contributed by atoms with Crippen LogP contribution in [0.1, 0.15) is 21.5 Å². The monoisotopic (exact) mass is 313 g/mol. The maximum absolute atomic E-state index is 12.7. The standard InChI is InChI=1S/C17H15NO5/c1-11-3-2-4-12(7-11)17(19)15-8-13(18(20)21)5-6-16(15)23-10-14-9-22-14/h2-8,14H,9-10H2,1H3. The molecule has 0 N–H and O–H groups in total. The smallest absolute Gasteiger partial charge is 0.270 e. The number of nitrogens with zero attached hydrogens (tertiary/aromatic N) is 1. The van der Waals surface area contributed by atoms with Crippen molar-refractivity contribution in [3.63, 3.8) is 0 Å². The lowest BCUT2D eigenvalue weighted by Crippen LogP contribution is -2.10. The molecular formula is C17H15NO5. The highest BCUT2D eigenvalue weighted by Crippen LogP contribution is 2.28. The van der Waals surface area contributed by atoms with Crippen LogP contribution in [0.15, 0.2) is 42.5 Å². The summed E-state index contributed by atoms with van der Waals surface area (Å²) in [5.41, 5.74) is 1.45. The molecule has 0 saturated carbocycles. The van der Waals surface area contributed by atoms with E-state index in [-0.39, 0.29) is 23.1 Å². The number of hydrogen-bond acceptors (Lipinski definition) is 5. The maximum Gasteiger partial charge on any atom is 0.270 e. The highest BCUT2D eigenvalue weighted by Gasteiger charge is 2.25. The summed E-state index contributed by atoms with van der Waals surface area (Å²) in [4.78, 5) is 23.2. The Morgan fingerprint density at radius 2 is 2.13 bits per heavy atom. The number of ketones is 1. The molecule has 1 fully saturated rings. The molecule has 6 heteroatoms. The predicted octanol–water partition coefficient (Wildman–Crippen LogP) is 2.91. The summed E-state index contributed by atoms with van der Waals surface area (Å²) in [7, 11) is 0. The summed E-state index contributed by atoms with van der Waals surface area (Å²) in [5.74, 6) is 0.0294. The Hall–Kier alpha value is -2.73. The first-order valence-electron chi connectivity index (χ1n) is 7.19. The van der Waals surface area contributed by atoms with Crippen molar-refractivity contribution in [3.8, 4) is 5.75 Å². The van der Waals surface area contributed by atoms with Crippen LogP contribution in [0.2, 0.25) is 0 Å². The third-order valence-corrected chi connectivity index (χ3v) is 3.53. The average molecular weight is 313 g/mol. The van der Waals surface area contributed by atoms with Gasteiger partial charge in [-0.1, -0.05) is 23.8 Å². The molecule has 2 aromatic carbocycles. The normalized spacial score (nSPS) is 16.0. The third-order valence-electron chi connectivity index (χ3n) is 3.53. The highest BCUT2D eigenvalue weighted by atomic mass is 16.6. The minimum absolute atomic E-state index is 0.0344. The van der Waals surface area contributed by atoms with Crippen LogP contribution in [0.4, 0.5) is 5.69 Å². The molecule has 0 bridgehead atoms. The van der Waals surface area contributed by atoms with Gasteiger partial charge in [0.15, 0.2) is 5.78 Å². The summed E-state index contributed by atoms with van der Waals surface area (Å²) in [6.45, 7) is 2.84. The number of nitro groups is 1. The van der Waals surface area contributed by atoms with E-state index in [0.717, 1.165) is 5.56 Å². The fraction of sp³-hybridized carbons (Fsp3) is 0.235. The van der Waals surface area contributed by atoms with Crippen molar-refractivity contribution in [1.82, 2.24) is 0 Å². The molecule has 0 spiro atoms. The van der Waals surface area contributed by atoms with E-state index in [9.17, 15) is 14.9 Å². The quantitative estimate of drug-likeness (QED) is 0.354. The van der Waals surface area contributed by atoms with Crippen LogP contribution < -0.4 is 4.74 Å². The molecule has 0 amide bonds. The van der Waals surface area contributed by atoms with E-state index in [2.05, 4.69) is 0 Å². The molecule has 1 aliphatic rings. The Morgan fingerprint density at radius 3 is 2.78 bits per heavy atom. The van der Waals surface area contributed by atoms with Crippen LogP contribution >= 0.6 is 0 Å². The zero-order valence-corrected chi connectivity index (χ0v) is 12.5. The summed E-state index contributed by atoms with van der Waals surface area (Å²) in [6, 6.07) is 11.1. The van der Waals surface area contributed by atoms with Gasteiger partial charge in [-0.25, -0.2) is 0 Å². The van der Waals surface area contributed by atoms with E-state index in [1.807, 2.05) is 13.0 Å². The number of hydrogen-bond donors (Lipinski definition) is 0. The predicted molar refractivity (Wildman–Crippen MR) is 82.9 cm³/mol. The molecule has 1 aliphatic heterocycles. The molecule has 3 rings (SSSR count).